The highest BCUT2D eigenvalue weighted by Gasteiger charge is 2.32. The number of carbonyl (C=O) groups is 1. The molecule has 1 amide bonds. The summed E-state index contributed by atoms with van der Waals surface area (Å²) >= 11 is 0. The first-order valence-electron chi connectivity index (χ1n) is 6.09. The summed E-state index contributed by atoms with van der Waals surface area (Å²) in [5.74, 6) is 0.0276. The monoisotopic (exact) mass is 253 g/mol. The summed E-state index contributed by atoms with van der Waals surface area (Å²) in [4.78, 5) is 13.7. The Hall–Kier alpha value is -1.40. The molecule has 0 unspecified atom stereocenters. The zero-order chi connectivity index (χ0) is 13.0. The minimum atomic E-state index is 0.0276. The zero-order valence-corrected chi connectivity index (χ0v) is 10.8. The van der Waals surface area contributed by atoms with Gasteiger partial charge in [-0.3, -0.25) is 9.48 Å². The van der Waals surface area contributed by atoms with Crippen LogP contribution in [-0.2, 0) is 16.5 Å². The SMILES string of the molecule is COCCCOC1CN(C(=O)c2cnn(C)c2)C1. The van der Waals surface area contributed by atoms with Crippen molar-refractivity contribution in [3.05, 3.63) is 18.0 Å². The van der Waals surface area contributed by atoms with E-state index in [2.05, 4.69) is 5.10 Å². The second-order valence-corrected chi connectivity index (χ2v) is 4.45. The van der Waals surface area contributed by atoms with Crippen molar-refractivity contribution in [1.29, 1.82) is 0 Å². The van der Waals surface area contributed by atoms with Crippen molar-refractivity contribution in [1.82, 2.24) is 14.7 Å². The van der Waals surface area contributed by atoms with Crippen molar-refractivity contribution < 1.29 is 14.3 Å². The van der Waals surface area contributed by atoms with Crippen LogP contribution in [0.1, 0.15) is 16.8 Å². The third kappa shape index (κ3) is 3.08. The van der Waals surface area contributed by atoms with Crippen LogP contribution in [-0.4, -0.2) is 60.1 Å². The molecule has 6 nitrogen and oxygen atoms in total. The molecular weight excluding hydrogens is 234 g/mol. The third-order valence-electron chi connectivity index (χ3n) is 2.93. The Morgan fingerprint density at radius 3 is 2.89 bits per heavy atom. The van der Waals surface area contributed by atoms with Gasteiger partial charge < -0.3 is 14.4 Å². The van der Waals surface area contributed by atoms with E-state index in [0.717, 1.165) is 6.42 Å². The van der Waals surface area contributed by atoms with Crippen molar-refractivity contribution in [3.63, 3.8) is 0 Å². The van der Waals surface area contributed by atoms with E-state index in [-0.39, 0.29) is 12.0 Å². The average molecular weight is 253 g/mol. The molecule has 1 aromatic heterocycles. The molecule has 0 bridgehead atoms. The van der Waals surface area contributed by atoms with E-state index >= 15 is 0 Å². The van der Waals surface area contributed by atoms with E-state index < -0.39 is 0 Å². The predicted molar refractivity (Wildman–Crippen MR) is 65.3 cm³/mol. The van der Waals surface area contributed by atoms with Gasteiger partial charge in [0.25, 0.3) is 5.91 Å². The molecule has 0 aliphatic carbocycles. The van der Waals surface area contributed by atoms with Crippen molar-refractivity contribution in [2.75, 3.05) is 33.4 Å². The normalized spacial score (nSPS) is 15.8. The van der Waals surface area contributed by atoms with Crippen LogP contribution in [0.15, 0.2) is 12.4 Å². The van der Waals surface area contributed by atoms with E-state index in [0.29, 0.717) is 31.9 Å². The number of rotatable bonds is 6. The summed E-state index contributed by atoms with van der Waals surface area (Å²) in [7, 11) is 3.48. The fourth-order valence-electron chi connectivity index (χ4n) is 1.88. The molecule has 1 aliphatic heterocycles. The van der Waals surface area contributed by atoms with Crippen molar-refractivity contribution in [2.24, 2.45) is 7.05 Å². The fraction of sp³-hybridized carbons (Fsp3) is 0.667. The summed E-state index contributed by atoms with van der Waals surface area (Å²) in [5.41, 5.74) is 0.635. The fourth-order valence-corrected chi connectivity index (χ4v) is 1.88. The lowest BCUT2D eigenvalue weighted by atomic mass is 10.1. The molecule has 0 aromatic carbocycles. The van der Waals surface area contributed by atoms with Gasteiger partial charge in [0.2, 0.25) is 0 Å². The lowest BCUT2D eigenvalue weighted by molar-refractivity contribution is -0.0464. The molecule has 0 spiro atoms. The second-order valence-electron chi connectivity index (χ2n) is 4.45. The molecule has 0 atom stereocenters. The number of nitrogens with zero attached hydrogens (tertiary/aromatic N) is 3. The van der Waals surface area contributed by atoms with Crippen LogP contribution in [0.2, 0.25) is 0 Å². The van der Waals surface area contributed by atoms with Crippen LogP contribution in [0.4, 0.5) is 0 Å². The van der Waals surface area contributed by atoms with Gasteiger partial charge >= 0.3 is 0 Å². The number of methoxy groups -OCH3 is 1. The van der Waals surface area contributed by atoms with Crippen LogP contribution in [0.3, 0.4) is 0 Å². The number of aryl methyl sites for hydroxylation is 1. The maximum Gasteiger partial charge on any atom is 0.257 e. The van der Waals surface area contributed by atoms with Crippen LogP contribution >= 0.6 is 0 Å². The zero-order valence-electron chi connectivity index (χ0n) is 10.8. The molecule has 1 aliphatic rings. The summed E-state index contributed by atoms with van der Waals surface area (Å²) < 4.78 is 12.2. The van der Waals surface area contributed by atoms with Gasteiger partial charge in [-0.25, -0.2) is 0 Å². The average Bonchev–Trinajstić information content (AvgIpc) is 2.72. The Bertz CT molecular complexity index is 399. The van der Waals surface area contributed by atoms with Gasteiger partial charge in [-0.2, -0.15) is 5.10 Å². The van der Waals surface area contributed by atoms with Crippen molar-refractivity contribution in [2.45, 2.75) is 12.5 Å². The highest BCUT2D eigenvalue weighted by Crippen LogP contribution is 2.15. The first kappa shape index (κ1) is 13.0. The van der Waals surface area contributed by atoms with E-state index in [4.69, 9.17) is 9.47 Å². The van der Waals surface area contributed by atoms with Crippen molar-refractivity contribution >= 4 is 5.91 Å². The number of carbonyl (C=O) groups excluding carboxylic acids is 1. The molecule has 0 radical (unpaired) electrons. The minimum absolute atomic E-state index is 0.0276. The van der Waals surface area contributed by atoms with Gasteiger partial charge in [-0.05, 0) is 6.42 Å². The van der Waals surface area contributed by atoms with Gasteiger partial charge in [0.15, 0.2) is 0 Å². The molecular formula is C12H19N3O3. The Morgan fingerprint density at radius 1 is 1.50 bits per heavy atom. The first-order valence-corrected chi connectivity index (χ1v) is 6.09. The Kier molecular flexibility index (Phi) is 4.33. The summed E-state index contributed by atoms with van der Waals surface area (Å²) in [6.45, 7) is 2.74. The molecule has 100 valence electrons. The molecule has 6 heteroatoms. The maximum atomic E-state index is 12.0. The van der Waals surface area contributed by atoms with E-state index in [1.165, 1.54) is 0 Å². The summed E-state index contributed by atoms with van der Waals surface area (Å²) in [6.07, 6.45) is 4.38. The van der Waals surface area contributed by atoms with Crippen LogP contribution in [0.5, 0.6) is 0 Å². The molecule has 2 heterocycles. The Labute approximate surface area is 106 Å². The summed E-state index contributed by atoms with van der Waals surface area (Å²) in [5, 5.41) is 3.99. The lowest BCUT2D eigenvalue weighted by Crippen LogP contribution is -2.54. The first-order chi connectivity index (χ1) is 8.70. The molecule has 0 N–H and O–H groups in total. The Morgan fingerprint density at radius 2 is 2.28 bits per heavy atom. The maximum absolute atomic E-state index is 12.0. The smallest absolute Gasteiger partial charge is 0.257 e. The van der Waals surface area contributed by atoms with E-state index in [1.807, 2.05) is 0 Å². The van der Waals surface area contributed by atoms with Gasteiger partial charge in [0, 0.05) is 46.7 Å². The third-order valence-corrected chi connectivity index (χ3v) is 2.93. The standard InChI is InChI=1S/C12H19N3O3/c1-14-7-10(6-13-14)12(16)15-8-11(9-15)18-5-3-4-17-2/h6-7,11H,3-5,8-9H2,1-2H3. The lowest BCUT2D eigenvalue weighted by Gasteiger charge is -2.38. The predicted octanol–water partition coefficient (Wildman–Crippen LogP) is 0.298. The number of likely N-dealkylation sites (tertiary alicyclic amines) is 1. The molecule has 0 saturated carbocycles. The highest BCUT2D eigenvalue weighted by molar-refractivity contribution is 5.94. The quantitative estimate of drug-likeness (QED) is 0.684. The number of amides is 1. The second kappa shape index (κ2) is 5.97. The van der Waals surface area contributed by atoms with Crippen LogP contribution in [0.25, 0.3) is 0 Å². The largest absolute Gasteiger partial charge is 0.385 e. The number of hydrogen-bond acceptors (Lipinski definition) is 4. The van der Waals surface area contributed by atoms with Gasteiger partial charge in [0.05, 0.1) is 17.9 Å². The topological polar surface area (TPSA) is 56.6 Å². The van der Waals surface area contributed by atoms with Crippen molar-refractivity contribution in [3.8, 4) is 0 Å². The number of hydrogen-bond donors (Lipinski definition) is 0. The van der Waals surface area contributed by atoms with Gasteiger partial charge in [0.1, 0.15) is 0 Å². The van der Waals surface area contributed by atoms with E-state index in [1.54, 1.807) is 36.1 Å². The van der Waals surface area contributed by atoms with E-state index in [9.17, 15) is 4.79 Å². The summed E-state index contributed by atoms with van der Waals surface area (Å²) in [6, 6.07) is 0. The molecule has 18 heavy (non-hydrogen) atoms. The highest BCUT2D eigenvalue weighted by atomic mass is 16.5. The number of aromatic nitrogens is 2. The molecule has 1 saturated heterocycles. The van der Waals surface area contributed by atoms with Gasteiger partial charge in [-0.1, -0.05) is 0 Å². The molecule has 2 rings (SSSR count). The Balaban J connectivity index is 1.68. The number of ether oxygens (including phenoxy) is 2. The molecule has 1 aromatic rings. The van der Waals surface area contributed by atoms with Gasteiger partial charge in [-0.15, -0.1) is 0 Å². The minimum Gasteiger partial charge on any atom is -0.385 e. The van der Waals surface area contributed by atoms with Crippen LogP contribution < -0.4 is 0 Å². The van der Waals surface area contributed by atoms with Crippen LogP contribution in [0, 0.1) is 0 Å². The molecule has 1 fully saturated rings.